The molecular formula is C18H23N3O2. The lowest BCUT2D eigenvalue weighted by Crippen LogP contribution is -2.49. The lowest BCUT2D eigenvalue weighted by molar-refractivity contribution is 0.0592. The largest absolute Gasteiger partial charge is 0.351 e. The maximum atomic E-state index is 12.3. The zero-order valence-electron chi connectivity index (χ0n) is 13.7. The van der Waals surface area contributed by atoms with Crippen LogP contribution in [0.15, 0.2) is 40.9 Å². The molecule has 0 aliphatic carbocycles. The quantitative estimate of drug-likeness (QED) is 0.870. The molecule has 1 aliphatic rings. The summed E-state index contributed by atoms with van der Waals surface area (Å²) < 4.78 is 5.07. The molecule has 1 atom stereocenters. The van der Waals surface area contributed by atoms with Crippen LogP contribution in [0.2, 0.25) is 0 Å². The summed E-state index contributed by atoms with van der Waals surface area (Å²) in [6.45, 7) is 8.37. The predicted molar refractivity (Wildman–Crippen MR) is 88.4 cm³/mol. The van der Waals surface area contributed by atoms with E-state index >= 15 is 0 Å². The van der Waals surface area contributed by atoms with E-state index in [2.05, 4.69) is 41.2 Å². The second-order valence-corrected chi connectivity index (χ2v) is 6.24. The third-order valence-corrected chi connectivity index (χ3v) is 4.40. The van der Waals surface area contributed by atoms with E-state index in [0.717, 1.165) is 38.4 Å². The van der Waals surface area contributed by atoms with E-state index < -0.39 is 0 Å². The molecule has 0 radical (unpaired) electrons. The van der Waals surface area contributed by atoms with Crippen molar-refractivity contribution in [3.05, 3.63) is 53.4 Å². The van der Waals surface area contributed by atoms with Crippen molar-refractivity contribution >= 4 is 5.91 Å². The SMILES string of the molecule is Cc1cc(C(=O)N2CCN(C[C@H](C)c3ccccc3)CC2)on1. The molecule has 5 heteroatoms. The normalized spacial score (nSPS) is 17.2. The van der Waals surface area contributed by atoms with Gasteiger partial charge in [-0.15, -0.1) is 0 Å². The van der Waals surface area contributed by atoms with Gasteiger partial charge in [0.05, 0.1) is 5.69 Å². The molecular weight excluding hydrogens is 290 g/mol. The highest BCUT2D eigenvalue weighted by molar-refractivity contribution is 5.91. The van der Waals surface area contributed by atoms with Gasteiger partial charge < -0.3 is 9.42 Å². The first-order valence-corrected chi connectivity index (χ1v) is 8.13. The number of aryl methyl sites for hydroxylation is 1. The molecule has 0 N–H and O–H groups in total. The topological polar surface area (TPSA) is 49.6 Å². The summed E-state index contributed by atoms with van der Waals surface area (Å²) in [4.78, 5) is 16.6. The lowest BCUT2D eigenvalue weighted by atomic mass is 10.0. The maximum absolute atomic E-state index is 12.3. The van der Waals surface area contributed by atoms with Gasteiger partial charge in [-0.25, -0.2) is 0 Å². The number of hydrogen-bond donors (Lipinski definition) is 0. The van der Waals surface area contributed by atoms with Gasteiger partial charge >= 0.3 is 0 Å². The molecule has 0 spiro atoms. The minimum absolute atomic E-state index is 0.0543. The number of rotatable bonds is 4. The number of benzene rings is 1. The Morgan fingerprint density at radius 3 is 2.52 bits per heavy atom. The van der Waals surface area contributed by atoms with E-state index in [4.69, 9.17) is 4.52 Å². The molecule has 5 nitrogen and oxygen atoms in total. The summed E-state index contributed by atoms with van der Waals surface area (Å²) in [7, 11) is 0. The van der Waals surface area contributed by atoms with Crippen LogP contribution in [-0.2, 0) is 0 Å². The fourth-order valence-corrected chi connectivity index (χ4v) is 3.03. The Bertz CT molecular complexity index is 645. The van der Waals surface area contributed by atoms with Crippen molar-refractivity contribution in [3.63, 3.8) is 0 Å². The highest BCUT2D eigenvalue weighted by atomic mass is 16.5. The molecule has 2 heterocycles. The van der Waals surface area contributed by atoms with E-state index in [-0.39, 0.29) is 5.91 Å². The number of aromatic nitrogens is 1. The van der Waals surface area contributed by atoms with E-state index in [1.807, 2.05) is 17.9 Å². The van der Waals surface area contributed by atoms with Crippen LogP contribution >= 0.6 is 0 Å². The summed E-state index contributed by atoms with van der Waals surface area (Å²) in [5.74, 6) is 0.783. The smallest absolute Gasteiger partial charge is 0.292 e. The van der Waals surface area contributed by atoms with Crippen LogP contribution < -0.4 is 0 Å². The van der Waals surface area contributed by atoms with E-state index in [1.54, 1.807) is 6.07 Å². The zero-order valence-corrected chi connectivity index (χ0v) is 13.7. The van der Waals surface area contributed by atoms with Crippen molar-refractivity contribution < 1.29 is 9.32 Å². The van der Waals surface area contributed by atoms with Gasteiger partial charge in [0, 0.05) is 38.8 Å². The molecule has 3 rings (SSSR count). The average Bonchev–Trinajstić information content (AvgIpc) is 3.02. The number of hydrogen-bond acceptors (Lipinski definition) is 4. The van der Waals surface area contributed by atoms with Crippen LogP contribution in [-0.4, -0.2) is 53.6 Å². The van der Waals surface area contributed by atoms with Crippen LogP contribution in [0.3, 0.4) is 0 Å². The second kappa shape index (κ2) is 6.96. The van der Waals surface area contributed by atoms with Crippen LogP contribution in [0, 0.1) is 6.92 Å². The first kappa shape index (κ1) is 15.7. The van der Waals surface area contributed by atoms with Crippen LogP contribution in [0.1, 0.15) is 34.7 Å². The number of carbonyl (C=O) groups is 1. The Balaban J connectivity index is 1.51. The van der Waals surface area contributed by atoms with Gasteiger partial charge in [0.2, 0.25) is 5.76 Å². The third kappa shape index (κ3) is 3.79. The van der Waals surface area contributed by atoms with Crippen molar-refractivity contribution in [1.82, 2.24) is 15.0 Å². The standard InChI is InChI=1S/C18H23N3O2/c1-14(16-6-4-3-5-7-16)13-20-8-10-21(11-9-20)18(22)17-12-15(2)19-23-17/h3-7,12,14H,8-11,13H2,1-2H3/t14-/m0/s1. The van der Waals surface area contributed by atoms with Crippen molar-refractivity contribution in [2.45, 2.75) is 19.8 Å². The molecule has 2 aromatic rings. The molecule has 1 amide bonds. The van der Waals surface area contributed by atoms with Gasteiger partial charge in [-0.3, -0.25) is 9.69 Å². The van der Waals surface area contributed by atoms with Crippen molar-refractivity contribution in [1.29, 1.82) is 0 Å². The molecule has 1 fully saturated rings. The second-order valence-electron chi connectivity index (χ2n) is 6.24. The molecule has 0 unspecified atom stereocenters. The van der Waals surface area contributed by atoms with Crippen molar-refractivity contribution in [3.8, 4) is 0 Å². The molecule has 23 heavy (non-hydrogen) atoms. The Kier molecular flexibility index (Phi) is 4.76. The Morgan fingerprint density at radius 2 is 1.91 bits per heavy atom. The first-order chi connectivity index (χ1) is 11.1. The number of nitrogens with zero attached hydrogens (tertiary/aromatic N) is 3. The van der Waals surface area contributed by atoms with Gasteiger partial charge in [0.15, 0.2) is 0 Å². The minimum atomic E-state index is -0.0543. The monoisotopic (exact) mass is 313 g/mol. The maximum Gasteiger partial charge on any atom is 0.292 e. The van der Waals surface area contributed by atoms with Gasteiger partial charge in [-0.05, 0) is 18.4 Å². The predicted octanol–water partition coefficient (Wildman–Crippen LogP) is 2.54. The molecule has 1 aromatic heterocycles. The molecule has 0 bridgehead atoms. The summed E-state index contributed by atoms with van der Waals surface area (Å²) >= 11 is 0. The zero-order chi connectivity index (χ0) is 16.2. The number of carbonyl (C=O) groups excluding carboxylic acids is 1. The summed E-state index contributed by atoms with van der Waals surface area (Å²) in [6, 6.07) is 12.3. The highest BCUT2D eigenvalue weighted by Gasteiger charge is 2.25. The Morgan fingerprint density at radius 1 is 1.22 bits per heavy atom. The van der Waals surface area contributed by atoms with Gasteiger partial charge in [-0.1, -0.05) is 42.4 Å². The molecule has 122 valence electrons. The van der Waals surface area contributed by atoms with Crippen LogP contribution in [0.4, 0.5) is 0 Å². The first-order valence-electron chi connectivity index (χ1n) is 8.13. The Hall–Kier alpha value is -2.14. The van der Waals surface area contributed by atoms with E-state index in [9.17, 15) is 4.79 Å². The van der Waals surface area contributed by atoms with Crippen LogP contribution in [0.5, 0.6) is 0 Å². The lowest BCUT2D eigenvalue weighted by Gasteiger charge is -2.35. The molecule has 1 aromatic carbocycles. The van der Waals surface area contributed by atoms with Gasteiger partial charge in [0.1, 0.15) is 0 Å². The fraction of sp³-hybridized carbons (Fsp3) is 0.444. The number of piperazine rings is 1. The van der Waals surface area contributed by atoms with E-state index in [1.165, 1.54) is 5.56 Å². The third-order valence-electron chi connectivity index (χ3n) is 4.40. The van der Waals surface area contributed by atoms with E-state index in [0.29, 0.717) is 11.7 Å². The summed E-state index contributed by atoms with van der Waals surface area (Å²) in [5, 5.41) is 3.79. The van der Waals surface area contributed by atoms with Gasteiger partial charge in [-0.2, -0.15) is 0 Å². The summed E-state index contributed by atoms with van der Waals surface area (Å²) in [5.41, 5.74) is 2.10. The Labute approximate surface area is 136 Å². The molecule has 0 saturated carbocycles. The summed E-state index contributed by atoms with van der Waals surface area (Å²) in [6.07, 6.45) is 0. The van der Waals surface area contributed by atoms with Gasteiger partial charge in [0.25, 0.3) is 5.91 Å². The highest BCUT2D eigenvalue weighted by Crippen LogP contribution is 2.17. The van der Waals surface area contributed by atoms with Crippen molar-refractivity contribution in [2.24, 2.45) is 0 Å². The molecule has 1 aliphatic heterocycles. The number of amides is 1. The fourth-order valence-electron chi connectivity index (χ4n) is 3.03. The van der Waals surface area contributed by atoms with Crippen LogP contribution in [0.25, 0.3) is 0 Å². The van der Waals surface area contributed by atoms with Crippen molar-refractivity contribution in [2.75, 3.05) is 32.7 Å². The average molecular weight is 313 g/mol. The molecule has 1 saturated heterocycles. The minimum Gasteiger partial charge on any atom is -0.351 e.